The van der Waals surface area contributed by atoms with E-state index in [2.05, 4.69) is 5.32 Å². The van der Waals surface area contributed by atoms with E-state index in [4.69, 9.17) is 5.11 Å². The number of benzene rings is 1. The lowest BCUT2D eigenvalue weighted by Crippen LogP contribution is -2.30. The molecule has 1 aromatic rings. The summed E-state index contributed by atoms with van der Waals surface area (Å²) in [4.78, 5) is 22.4. The first-order valence-electron chi connectivity index (χ1n) is 5.31. The number of carbonyl (C=O) groups is 2. The van der Waals surface area contributed by atoms with Crippen LogP contribution in [0.3, 0.4) is 0 Å². The average molecular weight is 257 g/mol. The van der Waals surface area contributed by atoms with Gasteiger partial charge in [-0.25, -0.2) is 8.78 Å². The fourth-order valence-corrected chi connectivity index (χ4v) is 1.28. The third-order valence-electron chi connectivity index (χ3n) is 2.74. The summed E-state index contributed by atoms with van der Waals surface area (Å²) in [5.41, 5.74) is -0.175. The second kappa shape index (κ2) is 5.57. The smallest absolute Gasteiger partial charge is 0.307 e. The molecule has 0 saturated heterocycles. The van der Waals surface area contributed by atoms with E-state index >= 15 is 0 Å². The zero-order valence-electron chi connectivity index (χ0n) is 9.91. The van der Waals surface area contributed by atoms with Crippen LogP contribution in [-0.4, -0.2) is 17.0 Å². The predicted molar refractivity (Wildman–Crippen MR) is 61.0 cm³/mol. The molecule has 2 N–H and O–H groups in total. The lowest BCUT2D eigenvalue weighted by molar-refractivity contribution is -0.145. The van der Waals surface area contributed by atoms with E-state index in [1.807, 2.05) is 0 Å². The Morgan fingerprint density at radius 1 is 1.22 bits per heavy atom. The highest BCUT2D eigenvalue weighted by Crippen LogP contribution is 2.18. The van der Waals surface area contributed by atoms with Crippen LogP contribution in [0.5, 0.6) is 0 Å². The minimum Gasteiger partial charge on any atom is -0.481 e. The van der Waals surface area contributed by atoms with Gasteiger partial charge in [-0.05, 0) is 12.1 Å². The first kappa shape index (κ1) is 14.1. The number of nitrogens with one attached hydrogen (secondary N) is 1. The molecule has 0 saturated carbocycles. The first-order valence-corrected chi connectivity index (χ1v) is 5.31. The van der Waals surface area contributed by atoms with Gasteiger partial charge in [0.15, 0.2) is 0 Å². The third-order valence-corrected chi connectivity index (χ3v) is 2.74. The molecule has 0 spiro atoms. The van der Waals surface area contributed by atoms with Crippen molar-refractivity contribution in [2.45, 2.75) is 13.8 Å². The van der Waals surface area contributed by atoms with Crippen molar-refractivity contribution in [1.29, 1.82) is 0 Å². The summed E-state index contributed by atoms with van der Waals surface area (Å²) in [7, 11) is 0. The van der Waals surface area contributed by atoms with Gasteiger partial charge in [-0.15, -0.1) is 0 Å². The summed E-state index contributed by atoms with van der Waals surface area (Å²) in [5.74, 6) is -5.12. The van der Waals surface area contributed by atoms with Gasteiger partial charge in [-0.2, -0.15) is 0 Å². The number of hydrogen-bond acceptors (Lipinski definition) is 2. The van der Waals surface area contributed by atoms with Crippen molar-refractivity contribution in [3.63, 3.8) is 0 Å². The van der Waals surface area contributed by atoms with Gasteiger partial charge in [0.1, 0.15) is 11.6 Å². The first-order chi connectivity index (χ1) is 8.32. The van der Waals surface area contributed by atoms with Crippen molar-refractivity contribution in [2.24, 2.45) is 11.8 Å². The molecular weight excluding hydrogens is 244 g/mol. The predicted octanol–water partition coefficient (Wildman–Crippen LogP) is 2.26. The van der Waals surface area contributed by atoms with Crippen molar-refractivity contribution in [3.05, 3.63) is 29.8 Å². The monoisotopic (exact) mass is 257 g/mol. The molecule has 0 radical (unpaired) electrons. The van der Waals surface area contributed by atoms with Gasteiger partial charge in [0.05, 0.1) is 11.6 Å². The lowest BCUT2D eigenvalue weighted by atomic mass is 9.95. The van der Waals surface area contributed by atoms with Crippen LogP contribution in [-0.2, 0) is 9.59 Å². The molecule has 0 fully saturated rings. The number of carboxylic acids is 1. The molecule has 2 unspecified atom stereocenters. The topological polar surface area (TPSA) is 66.4 Å². The molecule has 0 aliphatic carbocycles. The number of halogens is 2. The van der Waals surface area contributed by atoms with Crippen LogP contribution >= 0.6 is 0 Å². The third kappa shape index (κ3) is 3.26. The molecule has 0 aliphatic rings. The Morgan fingerprint density at radius 3 is 2.33 bits per heavy atom. The van der Waals surface area contributed by atoms with Crippen LogP contribution in [0.1, 0.15) is 13.8 Å². The fraction of sp³-hybridized carbons (Fsp3) is 0.333. The van der Waals surface area contributed by atoms with Crippen LogP contribution in [0.2, 0.25) is 0 Å². The van der Waals surface area contributed by atoms with Crippen LogP contribution < -0.4 is 5.32 Å². The maximum Gasteiger partial charge on any atom is 0.307 e. The van der Waals surface area contributed by atoms with Crippen molar-refractivity contribution in [3.8, 4) is 0 Å². The van der Waals surface area contributed by atoms with Gasteiger partial charge >= 0.3 is 5.97 Å². The van der Waals surface area contributed by atoms with Crippen LogP contribution in [0.25, 0.3) is 0 Å². The highest BCUT2D eigenvalue weighted by molar-refractivity contribution is 5.94. The maximum atomic E-state index is 13.3. The van der Waals surface area contributed by atoms with Crippen LogP contribution in [0.15, 0.2) is 18.2 Å². The number of anilines is 1. The molecule has 4 nitrogen and oxygen atoms in total. The Morgan fingerprint density at radius 2 is 1.83 bits per heavy atom. The number of aliphatic carboxylic acids is 1. The lowest BCUT2D eigenvalue weighted by Gasteiger charge is -2.16. The molecule has 0 aromatic heterocycles. The SMILES string of the molecule is CC(C(=O)O)C(C)C(=O)Nc1ccc(F)cc1F. The molecule has 0 heterocycles. The van der Waals surface area contributed by atoms with Gasteiger partial charge in [-0.3, -0.25) is 9.59 Å². The summed E-state index contributed by atoms with van der Waals surface area (Å²) in [6.45, 7) is 2.81. The van der Waals surface area contributed by atoms with Crippen molar-refractivity contribution < 1.29 is 23.5 Å². The number of carbonyl (C=O) groups excluding carboxylic acids is 1. The van der Waals surface area contributed by atoms with E-state index in [0.29, 0.717) is 6.07 Å². The second-order valence-corrected chi connectivity index (χ2v) is 4.03. The molecule has 18 heavy (non-hydrogen) atoms. The molecule has 1 amide bonds. The van der Waals surface area contributed by atoms with Crippen LogP contribution in [0.4, 0.5) is 14.5 Å². The van der Waals surface area contributed by atoms with Gasteiger partial charge in [-0.1, -0.05) is 13.8 Å². The normalized spacial score (nSPS) is 13.8. The van der Waals surface area contributed by atoms with E-state index in [1.54, 1.807) is 0 Å². The molecule has 1 rings (SSSR count). The molecule has 1 aromatic carbocycles. The molecule has 98 valence electrons. The van der Waals surface area contributed by atoms with Crippen LogP contribution in [0, 0.1) is 23.5 Å². The van der Waals surface area contributed by atoms with Crippen molar-refractivity contribution in [1.82, 2.24) is 0 Å². The zero-order chi connectivity index (χ0) is 13.9. The quantitative estimate of drug-likeness (QED) is 0.869. The maximum absolute atomic E-state index is 13.3. The summed E-state index contributed by atoms with van der Waals surface area (Å²) < 4.78 is 25.9. The minimum atomic E-state index is -1.11. The number of rotatable bonds is 4. The fourth-order valence-electron chi connectivity index (χ4n) is 1.28. The van der Waals surface area contributed by atoms with Gasteiger partial charge in [0, 0.05) is 12.0 Å². The van der Waals surface area contributed by atoms with E-state index in [0.717, 1.165) is 12.1 Å². The molecular formula is C12H13F2NO3. The second-order valence-electron chi connectivity index (χ2n) is 4.03. The van der Waals surface area contributed by atoms with E-state index < -0.39 is 35.3 Å². The minimum absolute atomic E-state index is 0.175. The Labute approximate surface area is 103 Å². The van der Waals surface area contributed by atoms with E-state index in [9.17, 15) is 18.4 Å². The Kier molecular flexibility index (Phi) is 4.36. The Hall–Kier alpha value is -1.98. The summed E-state index contributed by atoms with van der Waals surface area (Å²) in [6, 6.07) is 2.73. The van der Waals surface area contributed by atoms with Gasteiger partial charge in [0.25, 0.3) is 0 Å². The summed E-state index contributed by atoms with van der Waals surface area (Å²) in [6.07, 6.45) is 0. The zero-order valence-corrected chi connectivity index (χ0v) is 9.91. The number of carboxylic acid groups (broad SMARTS) is 1. The van der Waals surface area contributed by atoms with Crippen molar-refractivity contribution >= 4 is 17.6 Å². The molecule has 6 heteroatoms. The van der Waals surface area contributed by atoms with Gasteiger partial charge < -0.3 is 10.4 Å². The Balaban J connectivity index is 2.78. The Bertz CT molecular complexity index is 476. The molecule has 0 aliphatic heterocycles. The standard InChI is InChI=1S/C12H13F2NO3/c1-6(7(2)12(17)18)11(16)15-10-4-3-8(13)5-9(10)14/h3-7H,1-2H3,(H,15,16)(H,17,18). The summed E-state index contributed by atoms with van der Waals surface area (Å²) >= 11 is 0. The average Bonchev–Trinajstić information content (AvgIpc) is 2.30. The number of hydrogen-bond donors (Lipinski definition) is 2. The van der Waals surface area contributed by atoms with E-state index in [-0.39, 0.29) is 5.69 Å². The molecule has 2 atom stereocenters. The largest absolute Gasteiger partial charge is 0.481 e. The van der Waals surface area contributed by atoms with Gasteiger partial charge in [0.2, 0.25) is 5.91 Å². The number of amides is 1. The highest BCUT2D eigenvalue weighted by Gasteiger charge is 2.26. The van der Waals surface area contributed by atoms with E-state index in [1.165, 1.54) is 13.8 Å². The van der Waals surface area contributed by atoms with Crippen molar-refractivity contribution in [2.75, 3.05) is 5.32 Å². The molecule has 0 bridgehead atoms. The highest BCUT2D eigenvalue weighted by atomic mass is 19.1. The summed E-state index contributed by atoms with van der Waals surface area (Å²) in [5, 5.41) is 11.0.